The van der Waals surface area contributed by atoms with Crippen LogP contribution in [0.2, 0.25) is 0 Å². The third-order valence-electron chi connectivity index (χ3n) is 7.24. The van der Waals surface area contributed by atoms with Crippen LogP contribution in [0.5, 0.6) is 11.5 Å². The molecule has 0 fully saturated rings. The second kappa shape index (κ2) is 12.7. The van der Waals surface area contributed by atoms with E-state index in [4.69, 9.17) is 19.2 Å². The number of hydrogen-bond donors (Lipinski definition) is 0. The van der Waals surface area contributed by atoms with Crippen molar-refractivity contribution in [1.29, 1.82) is 0 Å². The van der Waals surface area contributed by atoms with E-state index in [0.29, 0.717) is 48.7 Å². The number of benzene rings is 2. The fourth-order valence-electron chi connectivity index (χ4n) is 5.34. The molecule has 0 saturated heterocycles. The van der Waals surface area contributed by atoms with Crippen molar-refractivity contribution in [3.8, 4) is 17.2 Å². The standard InChI is InChI=1S/C32H31Br2N3O5S/c1-7-41-26-16-24(34)23(15-25(26)40-6)29-28(31(39)42-8-2)18(4)35-32-37(29)30(38)27(43-32)14-20-13-17(3)36(19(20)5)22-11-9-21(33)10-12-22/h9-16,29H,7-8H2,1-6H3/b27-14+/t29-/m0/s1. The fourth-order valence-corrected chi connectivity index (χ4v) is 7.18. The first-order valence-corrected chi connectivity index (χ1v) is 16.1. The normalized spacial score (nSPS) is 14.9. The van der Waals surface area contributed by atoms with Gasteiger partial charge in [-0.25, -0.2) is 9.79 Å². The molecule has 0 N–H and O–H groups in total. The lowest BCUT2D eigenvalue weighted by Gasteiger charge is -2.26. The molecule has 2 aromatic carbocycles. The quantitative estimate of drug-likeness (QED) is 0.204. The maximum atomic E-state index is 14.2. The molecule has 0 spiro atoms. The average molecular weight is 729 g/mol. The maximum Gasteiger partial charge on any atom is 0.338 e. The number of thiazole rings is 1. The van der Waals surface area contributed by atoms with Crippen LogP contribution in [0.4, 0.5) is 0 Å². The Labute approximate surface area is 270 Å². The summed E-state index contributed by atoms with van der Waals surface area (Å²) in [6.45, 7) is 10.1. The Balaban J connectivity index is 1.72. The van der Waals surface area contributed by atoms with E-state index < -0.39 is 12.0 Å². The van der Waals surface area contributed by atoms with Crippen LogP contribution in [0.25, 0.3) is 11.8 Å². The summed E-state index contributed by atoms with van der Waals surface area (Å²) >= 11 is 8.46. The second-order valence-corrected chi connectivity index (χ2v) is 12.7. The number of ether oxygens (including phenoxy) is 3. The minimum atomic E-state index is -0.799. The summed E-state index contributed by atoms with van der Waals surface area (Å²) in [5.74, 6) is 0.508. The van der Waals surface area contributed by atoms with Crippen LogP contribution in [0.15, 0.2) is 72.5 Å². The van der Waals surface area contributed by atoms with Crippen molar-refractivity contribution in [3.05, 3.63) is 105 Å². The molecule has 4 aromatic rings. The van der Waals surface area contributed by atoms with Crippen LogP contribution < -0.4 is 24.4 Å². The highest BCUT2D eigenvalue weighted by molar-refractivity contribution is 9.10. The van der Waals surface area contributed by atoms with Gasteiger partial charge in [0.15, 0.2) is 16.3 Å². The van der Waals surface area contributed by atoms with Crippen molar-refractivity contribution < 1.29 is 19.0 Å². The average Bonchev–Trinajstić information content (AvgIpc) is 3.42. The molecule has 0 unspecified atom stereocenters. The molecule has 3 heterocycles. The Morgan fingerprint density at radius 2 is 1.77 bits per heavy atom. The number of fused-ring (bicyclic) bond motifs is 1. The number of hydrogen-bond acceptors (Lipinski definition) is 7. The number of allylic oxidation sites excluding steroid dienone is 1. The summed E-state index contributed by atoms with van der Waals surface area (Å²) in [4.78, 5) is 32.8. The van der Waals surface area contributed by atoms with Crippen molar-refractivity contribution in [1.82, 2.24) is 9.13 Å². The van der Waals surface area contributed by atoms with E-state index in [0.717, 1.165) is 27.1 Å². The van der Waals surface area contributed by atoms with E-state index in [1.54, 1.807) is 37.7 Å². The third-order valence-corrected chi connectivity index (χ3v) is 9.43. The number of carbonyl (C=O) groups is 1. The first-order chi connectivity index (χ1) is 20.6. The van der Waals surface area contributed by atoms with E-state index >= 15 is 0 Å². The molecule has 8 nitrogen and oxygen atoms in total. The molecule has 0 radical (unpaired) electrons. The van der Waals surface area contributed by atoms with Crippen LogP contribution >= 0.6 is 43.2 Å². The van der Waals surface area contributed by atoms with Gasteiger partial charge in [0.25, 0.3) is 5.56 Å². The SMILES string of the molecule is CCOC(=O)C1=C(C)N=c2s/c(=C/c3cc(C)n(-c4ccc(Br)cc4)c3C)c(=O)n2[C@H]1c1cc(OC)c(OCC)cc1Br. The molecule has 5 rings (SSSR count). The van der Waals surface area contributed by atoms with Crippen LogP contribution in [0, 0.1) is 13.8 Å². The van der Waals surface area contributed by atoms with Gasteiger partial charge in [0.1, 0.15) is 0 Å². The summed E-state index contributed by atoms with van der Waals surface area (Å²) < 4.78 is 22.7. The van der Waals surface area contributed by atoms with E-state index in [-0.39, 0.29) is 12.2 Å². The highest BCUT2D eigenvalue weighted by Crippen LogP contribution is 2.41. The molecule has 0 aliphatic carbocycles. The van der Waals surface area contributed by atoms with Crippen LogP contribution in [0.3, 0.4) is 0 Å². The number of aryl methyl sites for hydroxylation is 1. The second-order valence-electron chi connectivity index (χ2n) is 9.90. The summed E-state index contributed by atoms with van der Waals surface area (Å²) in [6.07, 6.45) is 1.90. The number of nitrogens with zero attached hydrogens (tertiary/aromatic N) is 3. The number of rotatable bonds is 8. The lowest BCUT2D eigenvalue weighted by molar-refractivity contribution is -0.139. The molecule has 1 aliphatic rings. The number of halogens is 2. The predicted octanol–water partition coefficient (Wildman–Crippen LogP) is 6.14. The Kier molecular flexibility index (Phi) is 9.15. The lowest BCUT2D eigenvalue weighted by atomic mass is 9.95. The molecular formula is C32H31Br2N3O5S. The number of aromatic nitrogens is 2. The molecule has 0 amide bonds. The zero-order chi connectivity index (χ0) is 31.0. The minimum absolute atomic E-state index is 0.189. The largest absolute Gasteiger partial charge is 0.493 e. The van der Waals surface area contributed by atoms with Gasteiger partial charge in [0.2, 0.25) is 0 Å². The lowest BCUT2D eigenvalue weighted by Crippen LogP contribution is -2.40. The van der Waals surface area contributed by atoms with Gasteiger partial charge < -0.3 is 18.8 Å². The van der Waals surface area contributed by atoms with E-state index in [9.17, 15) is 9.59 Å². The molecule has 1 atom stereocenters. The smallest absolute Gasteiger partial charge is 0.338 e. The zero-order valence-electron chi connectivity index (χ0n) is 24.7. The topological polar surface area (TPSA) is 84.1 Å². The van der Waals surface area contributed by atoms with Gasteiger partial charge in [-0.3, -0.25) is 9.36 Å². The molecule has 0 saturated carbocycles. The molecule has 1 aliphatic heterocycles. The van der Waals surface area contributed by atoms with Gasteiger partial charge in [0, 0.05) is 26.0 Å². The highest BCUT2D eigenvalue weighted by Gasteiger charge is 2.35. The fraction of sp³-hybridized carbons (Fsp3) is 0.281. The van der Waals surface area contributed by atoms with Crippen molar-refractivity contribution in [2.24, 2.45) is 4.99 Å². The molecule has 11 heteroatoms. The van der Waals surface area contributed by atoms with Crippen molar-refractivity contribution >= 4 is 55.2 Å². The van der Waals surface area contributed by atoms with E-state index in [1.807, 2.05) is 51.1 Å². The first-order valence-electron chi connectivity index (χ1n) is 13.7. The summed E-state index contributed by atoms with van der Waals surface area (Å²) in [5.41, 5.74) is 5.18. The summed E-state index contributed by atoms with van der Waals surface area (Å²) in [6, 6.07) is 13.0. The van der Waals surface area contributed by atoms with Crippen LogP contribution in [-0.4, -0.2) is 35.4 Å². The number of esters is 1. The minimum Gasteiger partial charge on any atom is -0.493 e. The Hall–Kier alpha value is -3.41. The van der Waals surface area contributed by atoms with Gasteiger partial charge in [-0.15, -0.1) is 0 Å². The molecule has 2 aromatic heterocycles. The van der Waals surface area contributed by atoms with Gasteiger partial charge in [-0.1, -0.05) is 43.2 Å². The molecular weight excluding hydrogens is 698 g/mol. The van der Waals surface area contributed by atoms with Gasteiger partial charge in [-0.05, 0) is 94.3 Å². The maximum absolute atomic E-state index is 14.2. The van der Waals surface area contributed by atoms with Crippen molar-refractivity contribution in [2.45, 2.75) is 40.7 Å². The van der Waals surface area contributed by atoms with Crippen molar-refractivity contribution in [3.63, 3.8) is 0 Å². The molecule has 224 valence electrons. The van der Waals surface area contributed by atoms with Gasteiger partial charge >= 0.3 is 5.97 Å². The monoisotopic (exact) mass is 727 g/mol. The number of carbonyl (C=O) groups excluding carboxylic acids is 1. The summed E-state index contributed by atoms with van der Waals surface area (Å²) in [7, 11) is 1.55. The summed E-state index contributed by atoms with van der Waals surface area (Å²) in [5, 5.41) is 0. The Morgan fingerprint density at radius 1 is 1.05 bits per heavy atom. The number of methoxy groups -OCH3 is 1. The van der Waals surface area contributed by atoms with E-state index in [1.165, 1.54) is 11.3 Å². The van der Waals surface area contributed by atoms with Gasteiger partial charge in [0.05, 0.1) is 42.2 Å². The molecule has 0 bridgehead atoms. The van der Waals surface area contributed by atoms with Crippen LogP contribution in [0.1, 0.15) is 49.3 Å². The first kappa shape index (κ1) is 31.0. The Morgan fingerprint density at radius 3 is 2.42 bits per heavy atom. The van der Waals surface area contributed by atoms with Crippen molar-refractivity contribution in [2.75, 3.05) is 20.3 Å². The third kappa shape index (κ3) is 5.77. The highest BCUT2D eigenvalue weighted by atomic mass is 79.9. The predicted molar refractivity (Wildman–Crippen MR) is 175 cm³/mol. The Bertz CT molecular complexity index is 1940. The van der Waals surface area contributed by atoms with Crippen LogP contribution in [-0.2, 0) is 9.53 Å². The van der Waals surface area contributed by atoms with E-state index in [2.05, 4.69) is 42.5 Å². The molecule has 43 heavy (non-hydrogen) atoms. The van der Waals surface area contributed by atoms with Gasteiger partial charge in [-0.2, -0.15) is 0 Å². The zero-order valence-corrected chi connectivity index (χ0v) is 28.6.